The van der Waals surface area contributed by atoms with Crippen LogP contribution in [0.1, 0.15) is 22.3 Å². The Hall–Kier alpha value is -12.0. The summed E-state index contributed by atoms with van der Waals surface area (Å²) >= 11 is 0. The van der Waals surface area contributed by atoms with Crippen LogP contribution in [-0.2, 0) is 0 Å². The highest BCUT2D eigenvalue weighted by atomic mass is 15.1. The minimum atomic E-state index is 0.511. The van der Waals surface area contributed by atoms with Crippen molar-refractivity contribution in [1.29, 1.82) is 0 Å². The van der Waals surface area contributed by atoms with Crippen molar-refractivity contribution in [2.24, 2.45) is 0 Å². The molecule has 3 aromatic heterocycles. The smallest absolute Gasteiger partial charge is 0.194 e. The molecule has 6 nitrogen and oxygen atoms in total. The van der Waals surface area contributed by atoms with Crippen molar-refractivity contribution in [1.82, 2.24) is 24.1 Å². The van der Waals surface area contributed by atoms with Gasteiger partial charge in [-0.3, -0.25) is 0 Å². The van der Waals surface area contributed by atoms with Gasteiger partial charge in [0.25, 0.3) is 0 Å². The third-order valence-electron chi connectivity index (χ3n) is 18.0. The van der Waals surface area contributed by atoms with E-state index in [2.05, 4.69) is 278 Å². The molecule has 13 aromatic carbocycles. The largest absolute Gasteiger partial charge is 0.309 e. The maximum Gasteiger partial charge on any atom is 0.194 e. The van der Waals surface area contributed by atoms with Crippen LogP contribution in [0, 0.1) is 34.3 Å². The fraction of sp³-hybridized carbons (Fsp3) is 0.0465. The van der Waals surface area contributed by atoms with Gasteiger partial charge >= 0.3 is 0 Å². The molecule has 0 radical (unpaired) electrons. The topological polar surface area (TPSA) is 52.9 Å². The molecule has 6 heteroatoms. The van der Waals surface area contributed by atoms with E-state index in [4.69, 9.17) is 21.5 Å². The Kier molecular flexibility index (Phi) is 13.7. The summed E-state index contributed by atoms with van der Waals surface area (Å²) in [6.45, 7) is 17.1. The zero-order valence-corrected chi connectivity index (χ0v) is 51.4. The molecule has 0 saturated carbocycles. The predicted molar refractivity (Wildman–Crippen MR) is 383 cm³/mol. The number of rotatable bonds is 11. The molecule has 0 bridgehead atoms. The van der Waals surface area contributed by atoms with Crippen molar-refractivity contribution >= 4 is 49.3 Å². The van der Waals surface area contributed by atoms with Gasteiger partial charge in [-0.1, -0.05) is 247 Å². The van der Waals surface area contributed by atoms with Gasteiger partial charge in [0.1, 0.15) is 0 Å². The molecule has 0 aliphatic rings. The Bertz CT molecular complexity index is 5380. The average Bonchev–Trinajstić information content (AvgIpc) is 1.59. The highest BCUT2D eigenvalue weighted by Gasteiger charge is 2.27. The van der Waals surface area contributed by atoms with Gasteiger partial charge in [0, 0.05) is 38.2 Å². The van der Waals surface area contributed by atoms with Crippen molar-refractivity contribution in [3.63, 3.8) is 0 Å². The van der Waals surface area contributed by atoms with Crippen molar-refractivity contribution in [3.05, 3.63) is 325 Å². The Morgan fingerprint density at radius 2 is 0.609 bits per heavy atom. The molecule has 0 aliphatic heterocycles. The van der Waals surface area contributed by atoms with E-state index in [0.717, 1.165) is 138 Å². The number of benzene rings is 13. The van der Waals surface area contributed by atoms with E-state index in [1.165, 1.54) is 22.3 Å². The molecule has 0 amide bonds. The van der Waals surface area contributed by atoms with E-state index in [9.17, 15) is 0 Å². The zero-order valence-electron chi connectivity index (χ0n) is 51.4. The highest BCUT2D eigenvalue weighted by molar-refractivity contribution is 6.14. The molecule has 0 unspecified atom stereocenters. The number of hydrogen-bond acceptors (Lipinski definition) is 3. The number of hydrogen-bond donors (Lipinski definition) is 0. The third kappa shape index (κ3) is 9.90. The molecule has 16 aromatic rings. The first kappa shape index (κ1) is 55.3. The van der Waals surface area contributed by atoms with E-state index < -0.39 is 0 Å². The molecule has 0 fully saturated rings. The molecule has 0 saturated heterocycles. The second kappa shape index (κ2) is 22.8. The first-order chi connectivity index (χ1) is 45.2. The predicted octanol–water partition coefficient (Wildman–Crippen LogP) is 22.9. The van der Waals surface area contributed by atoms with Crippen LogP contribution in [0.2, 0.25) is 0 Å². The first-order valence-corrected chi connectivity index (χ1v) is 31.2. The van der Waals surface area contributed by atoms with Gasteiger partial charge in [-0.15, -0.1) is 0 Å². The van der Waals surface area contributed by atoms with E-state index >= 15 is 0 Å². The number of fused-ring (bicyclic) bond motifs is 6. The average molecular weight is 1180 g/mol. The van der Waals surface area contributed by atoms with Gasteiger partial charge < -0.3 is 9.13 Å². The monoisotopic (exact) mass is 1180 g/mol. The summed E-state index contributed by atoms with van der Waals surface area (Å²) in [4.78, 5) is 20.7. The molecule has 16 rings (SSSR count). The molecule has 3 heterocycles. The molecular formula is C86H60N6. The highest BCUT2D eigenvalue weighted by Crippen LogP contribution is 2.48. The zero-order chi connectivity index (χ0) is 62.0. The van der Waals surface area contributed by atoms with Crippen LogP contribution in [0.25, 0.3) is 161 Å². The van der Waals surface area contributed by atoms with Crippen LogP contribution in [-0.4, -0.2) is 24.1 Å². The number of para-hydroxylation sites is 1. The Morgan fingerprint density at radius 1 is 0.261 bits per heavy atom. The fourth-order valence-corrected chi connectivity index (χ4v) is 13.6. The molecule has 0 aliphatic carbocycles. The summed E-state index contributed by atoms with van der Waals surface area (Å²) < 4.78 is 4.87. The minimum Gasteiger partial charge on any atom is -0.309 e. The van der Waals surface area contributed by atoms with Gasteiger partial charge in [-0.2, -0.15) is 0 Å². The molecular weight excluding hydrogens is 1120 g/mol. The van der Waals surface area contributed by atoms with Gasteiger partial charge in [0.15, 0.2) is 23.2 Å². The van der Waals surface area contributed by atoms with Crippen LogP contribution in [0.4, 0.5) is 5.69 Å². The number of nitrogens with zero attached hydrogens (tertiary/aromatic N) is 6. The van der Waals surface area contributed by atoms with Gasteiger partial charge in [0.2, 0.25) is 0 Å². The van der Waals surface area contributed by atoms with Crippen molar-refractivity contribution in [2.75, 3.05) is 0 Å². The van der Waals surface area contributed by atoms with Crippen molar-refractivity contribution in [2.45, 2.75) is 27.7 Å². The van der Waals surface area contributed by atoms with E-state index in [0.29, 0.717) is 23.2 Å². The lowest BCUT2D eigenvalue weighted by atomic mass is 9.92. The van der Waals surface area contributed by atoms with Gasteiger partial charge in [0.05, 0.1) is 45.6 Å². The second-order valence-electron chi connectivity index (χ2n) is 24.2. The van der Waals surface area contributed by atoms with Crippen LogP contribution in [0.3, 0.4) is 0 Å². The fourth-order valence-electron chi connectivity index (χ4n) is 13.6. The maximum absolute atomic E-state index is 8.48. The minimum absolute atomic E-state index is 0.511. The quantitative estimate of drug-likeness (QED) is 0.121. The summed E-state index contributed by atoms with van der Waals surface area (Å²) in [6.07, 6.45) is 0. The lowest BCUT2D eigenvalue weighted by molar-refractivity contribution is 1.06. The Labute approximate surface area is 535 Å². The van der Waals surface area contributed by atoms with Gasteiger partial charge in [-0.25, -0.2) is 19.8 Å². The number of aromatic nitrogens is 5. The van der Waals surface area contributed by atoms with Crippen LogP contribution in [0.5, 0.6) is 0 Å². The maximum atomic E-state index is 8.48. The Balaban J connectivity index is 1.04. The van der Waals surface area contributed by atoms with E-state index in [1.807, 2.05) is 54.6 Å². The van der Waals surface area contributed by atoms with Crippen molar-refractivity contribution < 1.29 is 0 Å². The van der Waals surface area contributed by atoms with E-state index in [-0.39, 0.29) is 0 Å². The van der Waals surface area contributed by atoms with Crippen LogP contribution >= 0.6 is 0 Å². The van der Waals surface area contributed by atoms with Gasteiger partial charge in [-0.05, 0) is 156 Å². The lowest BCUT2D eigenvalue weighted by Crippen LogP contribution is -2.06. The van der Waals surface area contributed by atoms with Crippen LogP contribution in [0.15, 0.2) is 291 Å². The molecule has 434 valence electrons. The second-order valence-corrected chi connectivity index (χ2v) is 24.2. The van der Waals surface area contributed by atoms with Crippen LogP contribution < -0.4 is 0 Å². The lowest BCUT2D eigenvalue weighted by Gasteiger charge is -2.22. The molecule has 92 heavy (non-hydrogen) atoms. The summed E-state index contributed by atoms with van der Waals surface area (Å²) in [5.74, 6) is 1.62. The number of aryl methyl sites for hydroxylation is 4. The first-order valence-electron chi connectivity index (χ1n) is 31.2. The summed E-state index contributed by atoms with van der Waals surface area (Å²) in [7, 11) is 0. The Morgan fingerprint density at radius 3 is 1.03 bits per heavy atom. The third-order valence-corrected chi connectivity index (χ3v) is 18.0. The van der Waals surface area contributed by atoms with E-state index in [1.54, 1.807) is 0 Å². The summed E-state index contributed by atoms with van der Waals surface area (Å²) in [5, 5.41) is 4.51. The SMILES string of the molecule is [C-]#[N+]c1ccccc1-c1ccc(-n2c3ccc(-c4cccc(C)c4)cc3c3cc(-c4cccc(C)c4)ccc32)c(-c2cccc(-n3c4ccc(-c5cccc(C)c5)cc4c4cc(-c5cccc(C)c5)ccc43)c2-c2nc(-c3ccccc3)nc(-c3ccccc3)n2)c1. The normalized spacial score (nSPS) is 11.5. The molecule has 0 N–H and O–H groups in total. The molecule has 0 spiro atoms. The summed E-state index contributed by atoms with van der Waals surface area (Å²) in [6, 6.07) is 104. The molecule has 0 atom stereocenters. The van der Waals surface area contributed by atoms with Crippen molar-refractivity contribution in [3.8, 4) is 112 Å². The standard InChI is InChI=1S/C86H60N6/c1-54-19-14-27-60(45-54)64-35-40-78-72(49-64)73-50-65(61-28-15-20-55(2)46-61)36-41-79(73)91(78)77-44-39-68(69-31-12-13-33-76(69)87-5)53-71(77)70-32-18-34-82(83(70)86-89-84(58-23-8-6-9-24-58)88-85(90-86)59-25-10-7-11-26-59)92-80-42-37-66(62-29-16-21-56(3)47-62)51-74(80)75-52-67(38-43-81(75)92)63-30-17-22-57(4)48-63/h6-53H,1-4H3. The summed E-state index contributed by atoms with van der Waals surface area (Å²) in [5.41, 5.74) is 26.8.